The molecule has 4 aromatic carbocycles. The molecule has 0 radical (unpaired) electrons. The molecular formula is C43H42F3K2N3O7. The zero-order valence-corrected chi connectivity index (χ0v) is 39.2. The number of rotatable bonds is 11. The normalized spacial score (nSPS) is 9.07. The van der Waals surface area contributed by atoms with E-state index in [2.05, 4.69) is 28.7 Å². The number of carbonyl (C=O) groups excluding carboxylic acids is 1. The number of halogens is 3. The second-order valence-corrected chi connectivity index (χ2v) is 10.9. The van der Waals surface area contributed by atoms with Crippen LogP contribution in [0.3, 0.4) is 0 Å². The maximum absolute atomic E-state index is 13.2. The number of ether oxygens (including phenoxy) is 3. The van der Waals surface area contributed by atoms with Crippen LogP contribution in [-0.2, 0) is 35.7 Å². The molecule has 0 aliphatic carbocycles. The Morgan fingerprint density at radius 3 is 1.52 bits per heavy atom. The van der Waals surface area contributed by atoms with Crippen LogP contribution in [0.15, 0.2) is 133 Å². The summed E-state index contributed by atoms with van der Waals surface area (Å²) >= 11 is 0. The number of hydrogen-bond acceptors (Lipinski definition) is 10. The molecule has 0 bridgehead atoms. The van der Waals surface area contributed by atoms with E-state index < -0.39 is 17.8 Å². The number of aromatic hydroxyl groups is 1. The van der Waals surface area contributed by atoms with E-state index >= 15 is 0 Å². The predicted molar refractivity (Wildman–Crippen MR) is 203 cm³/mol. The molecule has 0 unspecified atom stereocenters. The van der Waals surface area contributed by atoms with Gasteiger partial charge in [0.25, 0.3) is 6.47 Å². The van der Waals surface area contributed by atoms with Crippen molar-refractivity contribution in [1.29, 1.82) is 5.26 Å². The third-order valence-corrected chi connectivity index (χ3v) is 6.95. The van der Waals surface area contributed by atoms with Gasteiger partial charge in [-0.1, -0.05) is 98.8 Å². The van der Waals surface area contributed by atoms with E-state index in [1.54, 1.807) is 24.3 Å². The first-order chi connectivity index (χ1) is 27.1. The molecule has 0 spiro atoms. The molecule has 2 aromatic heterocycles. The second kappa shape index (κ2) is 33.2. The molecular weight excluding hydrogens is 806 g/mol. The number of nitriles is 1. The molecule has 10 nitrogen and oxygen atoms in total. The quantitative estimate of drug-likeness (QED) is 0.0679. The Bertz CT molecular complexity index is 2050. The van der Waals surface area contributed by atoms with Gasteiger partial charge in [0.05, 0.1) is 6.07 Å². The zero-order chi connectivity index (χ0) is 41.0. The van der Waals surface area contributed by atoms with Crippen molar-refractivity contribution in [2.45, 2.75) is 46.8 Å². The van der Waals surface area contributed by atoms with E-state index in [0.29, 0.717) is 30.5 Å². The Balaban J connectivity index is 0. The van der Waals surface area contributed by atoms with Gasteiger partial charge in [-0.2, -0.15) is 28.4 Å². The van der Waals surface area contributed by atoms with Crippen molar-refractivity contribution in [1.82, 2.24) is 9.97 Å². The van der Waals surface area contributed by atoms with Gasteiger partial charge in [0, 0.05) is 13.0 Å². The van der Waals surface area contributed by atoms with E-state index in [0.717, 1.165) is 47.2 Å². The summed E-state index contributed by atoms with van der Waals surface area (Å²) in [4.78, 5) is 17.8. The molecule has 0 aliphatic rings. The molecule has 0 atom stereocenters. The molecule has 0 fully saturated rings. The van der Waals surface area contributed by atoms with Crippen LogP contribution in [0.2, 0.25) is 0 Å². The molecule has 2 heterocycles. The van der Waals surface area contributed by atoms with Crippen LogP contribution >= 0.6 is 0 Å². The minimum absolute atomic E-state index is 0. The molecule has 0 saturated heterocycles. The average Bonchev–Trinajstić information content (AvgIpc) is 3.22. The molecule has 0 aliphatic heterocycles. The van der Waals surface area contributed by atoms with Gasteiger partial charge in [-0.05, 0) is 77.6 Å². The summed E-state index contributed by atoms with van der Waals surface area (Å²) in [6, 6.07) is 40.6. The molecule has 6 aromatic rings. The van der Waals surface area contributed by atoms with Gasteiger partial charge < -0.3 is 30.9 Å². The van der Waals surface area contributed by atoms with E-state index in [9.17, 15) is 18.3 Å². The van der Waals surface area contributed by atoms with Gasteiger partial charge in [-0.15, -0.1) is 0 Å². The second-order valence-electron chi connectivity index (χ2n) is 10.9. The summed E-state index contributed by atoms with van der Waals surface area (Å²) in [7, 11) is 0. The Hall–Kier alpha value is -3.64. The third-order valence-electron chi connectivity index (χ3n) is 6.95. The van der Waals surface area contributed by atoms with Crippen LogP contribution in [0.25, 0.3) is 0 Å². The number of phenolic OH excluding ortho intramolecular Hbond substituents is 1. The summed E-state index contributed by atoms with van der Waals surface area (Å²) in [5.74, 6) is -0.0833. The Labute approximate surface area is 423 Å². The van der Waals surface area contributed by atoms with Crippen molar-refractivity contribution in [2.75, 3.05) is 0 Å². The van der Waals surface area contributed by atoms with Gasteiger partial charge in [0.2, 0.25) is 23.7 Å². The van der Waals surface area contributed by atoms with Crippen LogP contribution in [0.4, 0.5) is 13.2 Å². The summed E-state index contributed by atoms with van der Waals surface area (Å²) in [5.41, 5.74) is 4.45. The van der Waals surface area contributed by atoms with E-state index in [4.69, 9.17) is 29.5 Å². The molecule has 0 saturated carbocycles. The average molecular weight is 848 g/mol. The van der Waals surface area contributed by atoms with E-state index in [1.807, 2.05) is 91.0 Å². The van der Waals surface area contributed by atoms with Gasteiger partial charge in [0.1, 0.15) is 13.2 Å². The fourth-order valence-electron chi connectivity index (χ4n) is 4.28. The number of aromatic nitrogens is 2. The summed E-state index contributed by atoms with van der Waals surface area (Å²) in [6.45, 7) is 6.31. The number of carbonyl (C=O) groups is 1. The molecule has 6 rings (SSSR count). The van der Waals surface area contributed by atoms with Crippen LogP contribution in [0, 0.1) is 29.2 Å². The van der Waals surface area contributed by atoms with Crippen molar-refractivity contribution in [3.8, 4) is 34.9 Å². The molecule has 0 amide bonds. The number of benzene rings is 4. The predicted octanol–water partition coefficient (Wildman–Crippen LogP) is 3.13. The van der Waals surface area contributed by atoms with Gasteiger partial charge in [0.15, 0.2) is 23.0 Å². The third kappa shape index (κ3) is 23.1. The van der Waals surface area contributed by atoms with E-state index in [1.165, 1.54) is 19.1 Å². The largest absolute Gasteiger partial charge is 1.00 e. The fourth-order valence-corrected chi connectivity index (χ4v) is 4.28. The summed E-state index contributed by atoms with van der Waals surface area (Å²) in [5, 5.41) is 25.4. The zero-order valence-electron chi connectivity index (χ0n) is 34.0. The van der Waals surface area contributed by atoms with Crippen LogP contribution < -0.4 is 122 Å². The maximum Gasteiger partial charge on any atom is 1.00 e. The minimum Gasteiger partial charge on any atom is -1.00 e. The van der Waals surface area contributed by atoms with Crippen molar-refractivity contribution in [2.24, 2.45) is 0 Å². The number of phenols is 1. The van der Waals surface area contributed by atoms with E-state index in [-0.39, 0.29) is 122 Å². The Morgan fingerprint density at radius 2 is 1.09 bits per heavy atom. The number of nitrogens with zero attached hydrogens (tertiary/aromatic N) is 3. The smallest absolute Gasteiger partial charge is 1.00 e. The van der Waals surface area contributed by atoms with Crippen molar-refractivity contribution in [3.63, 3.8) is 0 Å². The minimum atomic E-state index is -0.787. The molecule has 294 valence electrons. The number of pyridine rings is 2. The van der Waals surface area contributed by atoms with Crippen molar-refractivity contribution >= 4 is 6.47 Å². The first kappa shape index (κ1) is 54.4. The van der Waals surface area contributed by atoms with Crippen LogP contribution in [-0.4, -0.2) is 21.5 Å². The molecule has 1 N–H and O–H groups in total. The number of aryl methyl sites for hydroxylation is 2. The van der Waals surface area contributed by atoms with Crippen LogP contribution in [0.1, 0.15) is 44.5 Å². The monoisotopic (exact) mass is 847 g/mol. The van der Waals surface area contributed by atoms with Gasteiger partial charge in [-0.3, -0.25) is 4.79 Å². The topological polar surface area (TPSA) is 147 Å². The SMILES string of the molecule is CC#N.CCc1ccc(O)c(OCc2ccccc2)c1.CCc1ccc(Oc2cccc(F)n2)c(OCc2ccccc2)c1.Fc1cccc(F)n1.O=CO[O-].[H-].[K+].[K+]. The van der Waals surface area contributed by atoms with Crippen molar-refractivity contribution in [3.05, 3.63) is 174 Å². The molecule has 15 heteroatoms. The van der Waals surface area contributed by atoms with Crippen LogP contribution in [0.5, 0.6) is 28.9 Å². The standard InChI is InChI=1S/C20H18FNO2.C15H16O2.C5H3F2N.C2H3N.CH2O3.2K.H/c1-2-15-11-12-17(24-20-10-6-9-19(21)22-20)18(13-15)23-14-16-7-4-3-5-8-16;1-2-12-8-9-14(16)15(10-12)17-11-13-6-4-3-5-7-13;6-4-2-1-3-5(7)8-4;1-2-3;2-1-4-3;;;/h3-13H,2,14H2,1H3;3-10,16H,2,11H2,1H3;1-3H;1H3;1,3H;;;/q;;;;;2*+1;-1/p-1. The molecule has 58 heavy (non-hydrogen) atoms. The maximum atomic E-state index is 13.2. The van der Waals surface area contributed by atoms with Gasteiger partial charge >= 0.3 is 103 Å². The summed E-state index contributed by atoms with van der Waals surface area (Å²) < 4.78 is 54.1. The first-order valence-electron chi connectivity index (χ1n) is 17.1. The number of hydrogen-bond donors (Lipinski definition) is 1. The first-order valence-corrected chi connectivity index (χ1v) is 17.1. The fraction of sp³-hybridized carbons (Fsp3) is 0.163. The summed E-state index contributed by atoms with van der Waals surface area (Å²) in [6.07, 6.45) is 1.82. The van der Waals surface area contributed by atoms with Gasteiger partial charge in [-0.25, -0.2) is 0 Å². The van der Waals surface area contributed by atoms with Crippen molar-refractivity contribution < 1.29 is 152 Å². The Morgan fingerprint density at radius 1 is 0.655 bits per heavy atom. The Kier molecular flexibility index (Phi) is 31.1.